The highest BCUT2D eigenvalue weighted by atomic mass is 19.4. The Morgan fingerprint density at radius 1 is 1.10 bits per heavy atom. The average Bonchev–Trinajstić information content (AvgIpc) is 3.15. The monoisotopic (exact) mass is 428 g/mol. The second-order valence-electron chi connectivity index (χ2n) is 7.29. The Morgan fingerprint density at radius 2 is 1.87 bits per heavy atom. The van der Waals surface area contributed by atoms with Crippen molar-refractivity contribution in [2.75, 3.05) is 0 Å². The van der Waals surface area contributed by atoms with Crippen LogP contribution in [0.2, 0.25) is 0 Å². The third-order valence-electron chi connectivity index (χ3n) is 4.65. The highest BCUT2D eigenvalue weighted by Gasteiger charge is 2.30. The van der Waals surface area contributed by atoms with E-state index in [1.165, 1.54) is 33.9 Å². The lowest BCUT2D eigenvalue weighted by Crippen LogP contribution is -2.21. The van der Waals surface area contributed by atoms with Crippen molar-refractivity contribution in [1.82, 2.24) is 19.3 Å². The molecule has 0 saturated heterocycles. The maximum Gasteiger partial charge on any atom is 0.416 e. The third kappa shape index (κ3) is 4.16. The summed E-state index contributed by atoms with van der Waals surface area (Å²) in [5, 5.41) is 4.31. The number of alkyl halides is 3. The Morgan fingerprint density at radius 3 is 2.61 bits per heavy atom. The summed E-state index contributed by atoms with van der Waals surface area (Å²) >= 11 is 0. The second-order valence-corrected chi connectivity index (χ2v) is 7.29. The molecule has 0 atom stereocenters. The Bertz CT molecular complexity index is 1290. The first-order chi connectivity index (χ1) is 14.7. The number of nitrogens with zero attached hydrogens (tertiary/aromatic N) is 4. The number of halogens is 3. The predicted molar refractivity (Wildman–Crippen MR) is 109 cm³/mol. The van der Waals surface area contributed by atoms with Crippen molar-refractivity contribution in [2.45, 2.75) is 32.7 Å². The number of benzene rings is 2. The van der Waals surface area contributed by atoms with Gasteiger partial charge in [0, 0.05) is 5.56 Å². The lowest BCUT2D eigenvalue weighted by Gasteiger charge is -2.15. The van der Waals surface area contributed by atoms with Crippen LogP contribution < -0.4 is 10.3 Å². The highest BCUT2D eigenvalue weighted by Crippen LogP contribution is 2.30. The molecule has 0 aliphatic carbocycles. The van der Waals surface area contributed by atoms with Crippen LogP contribution in [-0.2, 0) is 12.7 Å². The topological polar surface area (TPSA) is 61.9 Å². The molecule has 0 spiro atoms. The molecule has 9 heteroatoms. The summed E-state index contributed by atoms with van der Waals surface area (Å²) in [7, 11) is 0. The number of para-hydroxylation sites is 1. The van der Waals surface area contributed by atoms with Crippen LogP contribution in [0.3, 0.4) is 0 Å². The fraction of sp³-hybridized carbons (Fsp3) is 0.227. The van der Waals surface area contributed by atoms with Crippen LogP contribution in [0.5, 0.6) is 5.75 Å². The van der Waals surface area contributed by atoms with Crippen molar-refractivity contribution in [3.05, 3.63) is 82.5 Å². The Hall–Kier alpha value is -3.62. The summed E-state index contributed by atoms with van der Waals surface area (Å²) in [4.78, 5) is 17.3. The molecule has 0 N–H and O–H groups in total. The van der Waals surface area contributed by atoms with Gasteiger partial charge in [0.15, 0.2) is 5.65 Å². The zero-order valence-electron chi connectivity index (χ0n) is 16.8. The summed E-state index contributed by atoms with van der Waals surface area (Å²) in [6.07, 6.45) is -1.82. The van der Waals surface area contributed by atoms with E-state index in [9.17, 15) is 18.0 Å². The molecule has 31 heavy (non-hydrogen) atoms. The van der Waals surface area contributed by atoms with Crippen LogP contribution in [0, 0.1) is 0 Å². The minimum Gasteiger partial charge on any atom is -0.491 e. The predicted octanol–water partition coefficient (Wildman–Crippen LogP) is 4.44. The molecule has 0 saturated carbocycles. The first kappa shape index (κ1) is 20.6. The minimum atomic E-state index is -4.48. The molecule has 0 aliphatic heterocycles. The maximum absolute atomic E-state index is 13.1. The fourth-order valence-electron chi connectivity index (χ4n) is 3.25. The molecular weight excluding hydrogens is 409 g/mol. The SMILES string of the molecule is CC(C)Oc1ccccc1Cn1cnc2c(cnn2-c2cccc(C(F)(F)F)c2)c1=O. The number of ether oxygens (including phenoxy) is 1. The summed E-state index contributed by atoms with van der Waals surface area (Å²) in [6.45, 7) is 4.07. The first-order valence-electron chi connectivity index (χ1n) is 9.59. The second kappa shape index (κ2) is 7.90. The molecular formula is C22H19F3N4O2. The molecule has 160 valence electrons. The van der Waals surface area contributed by atoms with Crippen LogP contribution in [0.15, 0.2) is 65.8 Å². The van der Waals surface area contributed by atoms with Gasteiger partial charge in [-0.25, -0.2) is 9.67 Å². The molecule has 0 radical (unpaired) electrons. The number of fused-ring (bicyclic) bond motifs is 1. The number of hydrogen-bond acceptors (Lipinski definition) is 4. The minimum absolute atomic E-state index is 0.0239. The van der Waals surface area contributed by atoms with E-state index in [0.29, 0.717) is 5.75 Å². The van der Waals surface area contributed by atoms with Crippen LogP contribution >= 0.6 is 0 Å². The molecule has 2 heterocycles. The molecule has 2 aromatic heterocycles. The maximum atomic E-state index is 13.1. The summed E-state index contributed by atoms with van der Waals surface area (Å²) < 4.78 is 47.6. The van der Waals surface area contributed by atoms with E-state index < -0.39 is 11.7 Å². The zero-order valence-corrected chi connectivity index (χ0v) is 16.8. The Balaban J connectivity index is 1.73. The molecule has 0 aliphatic rings. The largest absolute Gasteiger partial charge is 0.491 e. The van der Waals surface area contributed by atoms with E-state index in [-0.39, 0.29) is 34.9 Å². The quantitative estimate of drug-likeness (QED) is 0.472. The van der Waals surface area contributed by atoms with E-state index in [4.69, 9.17) is 4.74 Å². The molecule has 0 bridgehead atoms. The van der Waals surface area contributed by atoms with Gasteiger partial charge in [0.25, 0.3) is 5.56 Å². The summed E-state index contributed by atoms with van der Waals surface area (Å²) in [5.74, 6) is 0.671. The van der Waals surface area contributed by atoms with Gasteiger partial charge < -0.3 is 4.74 Å². The van der Waals surface area contributed by atoms with Crippen LogP contribution in [-0.4, -0.2) is 25.4 Å². The molecule has 4 aromatic rings. The van der Waals surface area contributed by atoms with Crippen LogP contribution in [0.25, 0.3) is 16.7 Å². The summed E-state index contributed by atoms with van der Waals surface area (Å²) in [5.41, 5.74) is 0.0218. The molecule has 0 fully saturated rings. The van der Waals surface area contributed by atoms with Crippen molar-refractivity contribution < 1.29 is 17.9 Å². The first-order valence-corrected chi connectivity index (χ1v) is 9.59. The lowest BCUT2D eigenvalue weighted by atomic mass is 10.2. The van der Waals surface area contributed by atoms with Gasteiger partial charge in [-0.15, -0.1) is 0 Å². The third-order valence-corrected chi connectivity index (χ3v) is 4.65. The van der Waals surface area contributed by atoms with Crippen molar-refractivity contribution in [3.63, 3.8) is 0 Å². The van der Waals surface area contributed by atoms with Gasteiger partial charge in [-0.1, -0.05) is 24.3 Å². The smallest absolute Gasteiger partial charge is 0.416 e. The molecule has 2 aromatic carbocycles. The van der Waals surface area contributed by atoms with Gasteiger partial charge in [0.1, 0.15) is 17.5 Å². The van der Waals surface area contributed by atoms with Gasteiger partial charge in [0.05, 0.1) is 30.1 Å². The molecule has 0 amide bonds. The van der Waals surface area contributed by atoms with E-state index in [2.05, 4.69) is 10.1 Å². The van der Waals surface area contributed by atoms with Crippen molar-refractivity contribution in [3.8, 4) is 11.4 Å². The summed E-state index contributed by atoms with van der Waals surface area (Å²) in [6, 6.07) is 12.1. The van der Waals surface area contributed by atoms with E-state index in [1.807, 2.05) is 38.1 Å². The zero-order chi connectivity index (χ0) is 22.2. The number of hydrogen-bond donors (Lipinski definition) is 0. The molecule has 0 unspecified atom stereocenters. The van der Waals surface area contributed by atoms with Crippen molar-refractivity contribution in [1.29, 1.82) is 0 Å². The Labute approximate surface area is 175 Å². The lowest BCUT2D eigenvalue weighted by molar-refractivity contribution is -0.137. The van der Waals surface area contributed by atoms with Gasteiger partial charge in [-0.05, 0) is 38.1 Å². The highest BCUT2D eigenvalue weighted by molar-refractivity contribution is 5.75. The van der Waals surface area contributed by atoms with Crippen LogP contribution in [0.4, 0.5) is 13.2 Å². The van der Waals surface area contributed by atoms with Gasteiger partial charge in [-0.2, -0.15) is 18.3 Å². The molecule has 6 nitrogen and oxygen atoms in total. The standard InChI is InChI=1S/C22H19F3N4O2/c1-14(2)31-19-9-4-3-6-15(19)12-28-13-26-20-18(21(28)30)11-27-29(20)17-8-5-7-16(10-17)22(23,24)25/h3-11,13-14H,12H2,1-2H3. The number of rotatable bonds is 5. The van der Waals surface area contributed by atoms with Gasteiger partial charge >= 0.3 is 6.18 Å². The molecule has 4 rings (SSSR count). The average molecular weight is 428 g/mol. The van der Waals surface area contributed by atoms with Crippen LogP contribution in [0.1, 0.15) is 25.0 Å². The van der Waals surface area contributed by atoms with Gasteiger partial charge in [-0.3, -0.25) is 9.36 Å². The Kier molecular flexibility index (Phi) is 5.26. The number of aromatic nitrogens is 4. The van der Waals surface area contributed by atoms with E-state index in [1.54, 1.807) is 0 Å². The fourth-order valence-corrected chi connectivity index (χ4v) is 3.25. The van der Waals surface area contributed by atoms with Crippen molar-refractivity contribution in [2.24, 2.45) is 0 Å². The van der Waals surface area contributed by atoms with E-state index in [0.717, 1.165) is 17.7 Å². The van der Waals surface area contributed by atoms with Crippen molar-refractivity contribution >= 4 is 11.0 Å². The van der Waals surface area contributed by atoms with E-state index >= 15 is 0 Å². The normalized spacial score (nSPS) is 11.9. The van der Waals surface area contributed by atoms with Gasteiger partial charge in [0.2, 0.25) is 0 Å².